The summed E-state index contributed by atoms with van der Waals surface area (Å²) in [5.74, 6) is -1.43. The van der Waals surface area contributed by atoms with Gasteiger partial charge in [0.1, 0.15) is 4.91 Å². The SMILES string of the molecule is CCCC[C@H](NC[C@H](Cc1ccccc1)NC(=O)c1cc(C(=O)N(CCC)CCC)cc(C2=CC(=O)NS2(=O)=O)c1)C(=O)NCC(C)C. The lowest BCUT2D eigenvalue weighted by atomic mass is 10.0. The van der Waals surface area contributed by atoms with Crippen LogP contribution >= 0.6 is 0 Å². The Morgan fingerprint density at radius 2 is 1.56 bits per heavy atom. The van der Waals surface area contributed by atoms with Gasteiger partial charge in [-0.2, -0.15) is 0 Å². The van der Waals surface area contributed by atoms with Gasteiger partial charge in [-0.1, -0.05) is 77.8 Å². The Hall–Kier alpha value is -4.03. The highest BCUT2D eigenvalue weighted by Gasteiger charge is 2.31. The monoisotopic (exact) mass is 681 g/mol. The van der Waals surface area contributed by atoms with Crippen LogP contribution in [0.25, 0.3) is 4.91 Å². The van der Waals surface area contributed by atoms with Gasteiger partial charge in [0.05, 0.1) is 6.04 Å². The first kappa shape index (κ1) is 38.4. The third kappa shape index (κ3) is 11.3. The van der Waals surface area contributed by atoms with Gasteiger partial charge in [0.15, 0.2) is 0 Å². The molecule has 2 aromatic carbocycles. The fourth-order valence-electron chi connectivity index (χ4n) is 5.50. The van der Waals surface area contributed by atoms with Gasteiger partial charge in [0.25, 0.3) is 27.7 Å². The maximum atomic E-state index is 14.0. The van der Waals surface area contributed by atoms with Crippen molar-refractivity contribution in [3.63, 3.8) is 0 Å². The Kier molecular flexibility index (Phi) is 14.8. The molecule has 0 spiro atoms. The van der Waals surface area contributed by atoms with Crippen molar-refractivity contribution in [1.29, 1.82) is 0 Å². The molecule has 1 aliphatic rings. The number of hydrogen-bond acceptors (Lipinski definition) is 7. The molecule has 0 aromatic heterocycles. The molecule has 1 aliphatic heterocycles. The van der Waals surface area contributed by atoms with Crippen LogP contribution in [0.2, 0.25) is 0 Å². The molecule has 262 valence electrons. The number of nitrogens with zero attached hydrogens (tertiary/aromatic N) is 1. The number of rotatable bonds is 19. The average Bonchev–Trinajstić information content (AvgIpc) is 3.34. The lowest BCUT2D eigenvalue weighted by Crippen LogP contribution is -2.51. The number of sulfonamides is 1. The molecule has 0 fully saturated rings. The van der Waals surface area contributed by atoms with Crippen LogP contribution in [-0.4, -0.2) is 75.2 Å². The van der Waals surface area contributed by atoms with Crippen molar-refractivity contribution < 1.29 is 27.6 Å². The molecule has 11 nitrogen and oxygen atoms in total. The molecule has 0 radical (unpaired) electrons. The summed E-state index contributed by atoms with van der Waals surface area (Å²) in [7, 11) is -4.17. The van der Waals surface area contributed by atoms with Gasteiger partial charge in [-0.15, -0.1) is 0 Å². The van der Waals surface area contributed by atoms with Gasteiger partial charge in [0.2, 0.25) is 5.91 Å². The summed E-state index contributed by atoms with van der Waals surface area (Å²) in [5.41, 5.74) is 1.27. The fourth-order valence-corrected chi connectivity index (χ4v) is 6.63. The Morgan fingerprint density at radius 3 is 2.15 bits per heavy atom. The van der Waals surface area contributed by atoms with E-state index in [2.05, 4.69) is 22.9 Å². The zero-order valence-electron chi connectivity index (χ0n) is 28.8. The summed E-state index contributed by atoms with van der Waals surface area (Å²) in [6, 6.07) is 13.0. The Bertz CT molecular complexity index is 1550. The van der Waals surface area contributed by atoms with E-state index in [4.69, 9.17) is 0 Å². The third-order valence-corrected chi connectivity index (χ3v) is 9.31. The molecular weight excluding hydrogens is 630 g/mol. The largest absolute Gasteiger partial charge is 0.354 e. The van der Waals surface area contributed by atoms with Crippen molar-refractivity contribution >= 4 is 38.6 Å². The molecular formula is C36H51N5O6S. The Morgan fingerprint density at radius 1 is 0.896 bits per heavy atom. The van der Waals surface area contributed by atoms with Crippen LogP contribution in [-0.2, 0) is 26.0 Å². The first-order valence-electron chi connectivity index (χ1n) is 17.0. The molecule has 4 amide bonds. The minimum absolute atomic E-state index is 0.0662. The van der Waals surface area contributed by atoms with Crippen LogP contribution in [0.4, 0.5) is 0 Å². The number of benzene rings is 2. The molecule has 0 aliphatic carbocycles. The quantitative estimate of drug-likeness (QED) is 0.175. The maximum Gasteiger partial charge on any atom is 0.265 e. The van der Waals surface area contributed by atoms with Gasteiger partial charge in [0, 0.05) is 49.4 Å². The number of unbranched alkanes of at least 4 members (excludes halogenated alkanes) is 1. The molecule has 3 rings (SSSR count). The van der Waals surface area contributed by atoms with E-state index in [0.717, 1.165) is 37.3 Å². The molecule has 4 N–H and O–H groups in total. The van der Waals surface area contributed by atoms with Crippen molar-refractivity contribution in [2.24, 2.45) is 5.92 Å². The molecule has 0 saturated carbocycles. The van der Waals surface area contributed by atoms with Crippen LogP contribution in [0.15, 0.2) is 54.6 Å². The first-order chi connectivity index (χ1) is 22.9. The molecule has 1 heterocycles. The predicted molar refractivity (Wildman–Crippen MR) is 189 cm³/mol. The van der Waals surface area contributed by atoms with E-state index >= 15 is 0 Å². The van der Waals surface area contributed by atoms with Crippen molar-refractivity contribution in [3.8, 4) is 0 Å². The maximum absolute atomic E-state index is 14.0. The minimum atomic E-state index is -4.17. The second-order valence-corrected chi connectivity index (χ2v) is 14.3. The van der Waals surface area contributed by atoms with E-state index < -0.39 is 33.9 Å². The fraction of sp³-hybridized carbons (Fsp3) is 0.500. The van der Waals surface area contributed by atoms with Crippen molar-refractivity contribution in [2.45, 2.75) is 85.2 Å². The number of carbonyl (C=O) groups excluding carboxylic acids is 4. The van der Waals surface area contributed by atoms with Crippen LogP contribution in [0.1, 0.15) is 98.6 Å². The highest BCUT2D eigenvalue weighted by molar-refractivity contribution is 7.99. The molecule has 0 bridgehead atoms. The number of nitrogens with one attached hydrogen (secondary N) is 4. The normalized spacial score (nSPS) is 15.0. The first-order valence-corrected chi connectivity index (χ1v) is 18.5. The van der Waals surface area contributed by atoms with Gasteiger partial charge in [-0.3, -0.25) is 19.2 Å². The van der Waals surface area contributed by atoms with E-state index in [1.807, 2.05) is 62.7 Å². The van der Waals surface area contributed by atoms with Gasteiger partial charge >= 0.3 is 0 Å². The van der Waals surface area contributed by atoms with E-state index in [9.17, 15) is 27.6 Å². The molecule has 0 saturated heterocycles. The van der Waals surface area contributed by atoms with E-state index in [1.54, 1.807) is 4.90 Å². The summed E-state index contributed by atoms with van der Waals surface area (Å²) in [6.45, 7) is 11.9. The third-order valence-electron chi connectivity index (χ3n) is 7.91. The molecule has 0 unspecified atom stereocenters. The molecule has 12 heteroatoms. The Balaban J connectivity index is 1.97. The second kappa shape index (κ2) is 18.5. The zero-order chi connectivity index (χ0) is 35.3. The summed E-state index contributed by atoms with van der Waals surface area (Å²) in [4.78, 5) is 54.1. The zero-order valence-corrected chi connectivity index (χ0v) is 29.6. The number of carbonyl (C=O) groups is 4. The van der Waals surface area contributed by atoms with Crippen LogP contribution in [0.5, 0.6) is 0 Å². The van der Waals surface area contributed by atoms with E-state index in [-0.39, 0.29) is 40.0 Å². The number of amides is 4. The number of hydrogen-bond donors (Lipinski definition) is 4. The highest BCUT2D eigenvalue weighted by Crippen LogP contribution is 2.27. The van der Waals surface area contributed by atoms with Crippen LogP contribution < -0.4 is 20.7 Å². The molecule has 48 heavy (non-hydrogen) atoms. The molecule has 2 aromatic rings. The van der Waals surface area contributed by atoms with Gasteiger partial charge in [-0.05, 0) is 60.9 Å². The summed E-state index contributed by atoms with van der Waals surface area (Å²) in [5, 5.41) is 9.45. The minimum Gasteiger partial charge on any atom is -0.354 e. The Labute approximate surface area is 285 Å². The molecule has 2 atom stereocenters. The highest BCUT2D eigenvalue weighted by atomic mass is 32.2. The lowest BCUT2D eigenvalue weighted by Gasteiger charge is -2.25. The van der Waals surface area contributed by atoms with Crippen molar-refractivity contribution in [1.82, 2.24) is 25.6 Å². The summed E-state index contributed by atoms with van der Waals surface area (Å²) in [6.07, 6.45) is 5.28. The van der Waals surface area contributed by atoms with Crippen molar-refractivity contribution in [2.75, 3.05) is 26.2 Å². The van der Waals surface area contributed by atoms with Gasteiger partial charge < -0.3 is 20.9 Å². The van der Waals surface area contributed by atoms with Crippen LogP contribution in [0, 0.1) is 5.92 Å². The summed E-state index contributed by atoms with van der Waals surface area (Å²) >= 11 is 0. The average molecular weight is 682 g/mol. The second-order valence-electron chi connectivity index (χ2n) is 12.7. The van der Waals surface area contributed by atoms with E-state index in [1.165, 1.54) is 18.2 Å². The van der Waals surface area contributed by atoms with Crippen molar-refractivity contribution in [3.05, 3.63) is 76.9 Å². The van der Waals surface area contributed by atoms with Crippen LogP contribution in [0.3, 0.4) is 0 Å². The van der Waals surface area contributed by atoms with E-state index in [0.29, 0.717) is 38.4 Å². The lowest BCUT2D eigenvalue weighted by molar-refractivity contribution is -0.123. The summed E-state index contributed by atoms with van der Waals surface area (Å²) < 4.78 is 27.5. The predicted octanol–water partition coefficient (Wildman–Crippen LogP) is 4.01. The van der Waals surface area contributed by atoms with Gasteiger partial charge in [-0.25, -0.2) is 13.1 Å². The topological polar surface area (TPSA) is 154 Å². The standard InChI is InChI=1S/C36H51N5O6S/c1-6-9-15-31(35(44)38-23-25(4)5)37-24-30(18-26-13-11-10-12-14-26)39-34(43)28-19-27(32-22-33(42)40-48(32,46)47)20-29(21-28)36(45)41(16-7-2)17-8-3/h10-14,19-22,25,30-31,37H,6-9,15-18,23-24H2,1-5H3,(H,38,44)(H,39,43)(H,40,42)/t30-,31-/m0/s1. The smallest absolute Gasteiger partial charge is 0.265 e.